The van der Waals surface area contributed by atoms with Gasteiger partial charge in [-0.3, -0.25) is 0 Å². The van der Waals surface area contributed by atoms with Gasteiger partial charge in [0.05, 0.1) is 11.7 Å². The minimum Gasteiger partial charge on any atom is -0.389 e. The molecule has 0 aliphatic heterocycles. The molecule has 4 heteroatoms. The molecule has 0 spiro atoms. The van der Waals surface area contributed by atoms with Crippen molar-refractivity contribution in [2.75, 3.05) is 6.54 Å². The molecular formula is C17H25NO3. The predicted molar refractivity (Wildman–Crippen MR) is 83.5 cm³/mol. The van der Waals surface area contributed by atoms with Gasteiger partial charge in [0.15, 0.2) is 0 Å². The molecule has 1 aromatic carbocycles. The molecule has 0 aromatic heterocycles. The molecule has 2 atom stereocenters. The van der Waals surface area contributed by atoms with Crippen molar-refractivity contribution >= 4 is 6.08 Å². The van der Waals surface area contributed by atoms with Crippen LogP contribution in [0.5, 0.6) is 0 Å². The maximum atomic E-state index is 10.4. The third kappa shape index (κ3) is 4.38. The first-order chi connectivity index (χ1) is 10.0. The predicted octanol–water partition coefficient (Wildman–Crippen LogP) is 1.75. The highest BCUT2D eigenvalue weighted by atomic mass is 16.3. The Hall–Kier alpha value is -1.20. The summed E-state index contributed by atoms with van der Waals surface area (Å²) in [7, 11) is 0. The summed E-state index contributed by atoms with van der Waals surface area (Å²) in [5, 5.41) is 30.0. The van der Waals surface area contributed by atoms with Crippen LogP contribution in [0.2, 0.25) is 0 Å². The molecule has 0 heterocycles. The minimum atomic E-state index is -0.985. The number of hydrogen-bond acceptors (Lipinski definition) is 4. The Morgan fingerprint density at radius 1 is 1.19 bits per heavy atom. The van der Waals surface area contributed by atoms with E-state index in [-0.39, 0.29) is 6.54 Å². The first-order valence-corrected chi connectivity index (χ1v) is 7.62. The zero-order valence-corrected chi connectivity index (χ0v) is 12.3. The van der Waals surface area contributed by atoms with Crippen LogP contribution in [0.25, 0.3) is 6.08 Å². The number of nitrogens with two attached hydrogens (primary N) is 1. The molecule has 0 bridgehead atoms. The molecular weight excluding hydrogens is 266 g/mol. The fraction of sp³-hybridized carbons (Fsp3) is 0.529. The summed E-state index contributed by atoms with van der Waals surface area (Å²) < 4.78 is 0. The Morgan fingerprint density at radius 3 is 2.57 bits per heavy atom. The van der Waals surface area contributed by atoms with E-state index in [1.807, 2.05) is 30.4 Å². The standard InChI is InChI=1S/C17H25NO3/c18-12-15(19)16(20)14-6-4-5-13(11-14)7-10-17(21)8-2-1-3-9-17/h4-7,10-11,15-16,19-21H,1-3,8-9,12,18H2/t15-,16+/m1/s1. The Bertz CT molecular complexity index is 481. The molecule has 2 rings (SSSR count). The molecule has 0 saturated heterocycles. The highest BCUT2D eigenvalue weighted by molar-refractivity contribution is 5.52. The molecule has 0 amide bonds. The lowest BCUT2D eigenvalue weighted by Crippen LogP contribution is -2.28. The van der Waals surface area contributed by atoms with Crippen LogP contribution >= 0.6 is 0 Å². The van der Waals surface area contributed by atoms with Gasteiger partial charge < -0.3 is 21.1 Å². The van der Waals surface area contributed by atoms with Gasteiger partial charge in [0.2, 0.25) is 0 Å². The number of aliphatic hydroxyl groups excluding tert-OH is 2. The SMILES string of the molecule is NC[C@@H](O)[C@@H](O)c1cccc(C=CC2(O)CCCCC2)c1. The normalized spacial score (nSPS) is 21.3. The van der Waals surface area contributed by atoms with Crippen LogP contribution in [0.3, 0.4) is 0 Å². The Kier molecular flexibility index (Phi) is 5.53. The van der Waals surface area contributed by atoms with Crippen molar-refractivity contribution in [1.29, 1.82) is 0 Å². The van der Waals surface area contributed by atoms with Crippen LogP contribution in [0.15, 0.2) is 30.3 Å². The quantitative estimate of drug-likeness (QED) is 0.665. The smallest absolute Gasteiger partial charge is 0.106 e. The highest BCUT2D eigenvalue weighted by Gasteiger charge is 2.25. The number of hydrogen-bond donors (Lipinski definition) is 4. The lowest BCUT2D eigenvalue weighted by molar-refractivity contribution is 0.0243. The Morgan fingerprint density at radius 2 is 1.90 bits per heavy atom. The molecule has 1 aliphatic carbocycles. The second-order valence-corrected chi connectivity index (χ2v) is 5.92. The molecule has 0 unspecified atom stereocenters. The largest absolute Gasteiger partial charge is 0.389 e. The topological polar surface area (TPSA) is 86.7 Å². The van der Waals surface area contributed by atoms with Crippen molar-refractivity contribution in [2.45, 2.75) is 49.9 Å². The van der Waals surface area contributed by atoms with Crippen LogP contribution in [-0.4, -0.2) is 33.6 Å². The molecule has 1 fully saturated rings. The van der Waals surface area contributed by atoms with Crippen LogP contribution in [0.1, 0.15) is 49.3 Å². The molecule has 5 N–H and O–H groups in total. The summed E-state index contributed by atoms with van der Waals surface area (Å²) in [6, 6.07) is 7.31. The summed E-state index contributed by atoms with van der Waals surface area (Å²) in [5.74, 6) is 0. The van der Waals surface area contributed by atoms with Crippen molar-refractivity contribution in [3.05, 3.63) is 41.5 Å². The van der Waals surface area contributed by atoms with Gasteiger partial charge in [-0.1, -0.05) is 49.6 Å². The van der Waals surface area contributed by atoms with Crippen molar-refractivity contribution in [3.8, 4) is 0 Å². The molecule has 1 aliphatic rings. The van der Waals surface area contributed by atoms with Gasteiger partial charge in [0, 0.05) is 6.54 Å². The third-order valence-corrected chi connectivity index (χ3v) is 4.16. The van der Waals surface area contributed by atoms with Gasteiger partial charge >= 0.3 is 0 Å². The van der Waals surface area contributed by atoms with E-state index in [0.717, 1.165) is 31.2 Å². The van der Waals surface area contributed by atoms with E-state index in [1.165, 1.54) is 6.42 Å². The monoisotopic (exact) mass is 291 g/mol. The maximum Gasteiger partial charge on any atom is 0.106 e. The fourth-order valence-corrected chi connectivity index (χ4v) is 2.78. The maximum absolute atomic E-state index is 10.4. The van der Waals surface area contributed by atoms with Crippen LogP contribution in [0.4, 0.5) is 0 Å². The summed E-state index contributed by atoms with van der Waals surface area (Å²) in [6.45, 7) is 0.0149. The minimum absolute atomic E-state index is 0.0149. The van der Waals surface area contributed by atoms with Gasteiger partial charge in [0.25, 0.3) is 0 Å². The summed E-state index contributed by atoms with van der Waals surface area (Å²) in [5.41, 5.74) is 6.19. The van der Waals surface area contributed by atoms with Gasteiger partial charge in [0.1, 0.15) is 6.10 Å². The second kappa shape index (κ2) is 7.18. The van der Waals surface area contributed by atoms with Crippen molar-refractivity contribution < 1.29 is 15.3 Å². The van der Waals surface area contributed by atoms with E-state index in [1.54, 1.807) is 6.07 Å². The molecule has 1 saturated carbocycles. The van der Waals surface area contributed by atoms with E-state index in [9.17, 15) is 15.3 Å². The third-order valence-electron chi connectivity index (χ3n) is 4.16. The number of benzene rings is 1. The van der Waals surface area contributed by atoms with Gasteiger partial charge in [-0.2, -0.15) is 0 Å². The van der Waals surface area contributed by atoms with E-state index >= 15 is 0 Å². The number of aliphatic hydroxyl groups is 3. The average molecular weight is 291 g/mol. The molecule has 1 aromatic rings. The van der Waals surface area contributed by atoms with Crippen molar-refractivity contribution in [1.82, 2.24) is 0 Å². The van der Waals surface area contributed by atoms with Gasteiger partial charge in [-0.25, -0.2) is 0 Å². The van der Waals surface area contributed by atoms with Crippen molar-refractivity contribution in [2.24, 2.45) is 5.73 Å². The zero-order chi connectivity index (χ0) is 15.3. The van der Waals surface area contributed by atoms with E-state index in [2.05, 4.69) is 0 Å². The Balaban J connectivity index is 2.10. The average Bonchev–Trinajstić information content (AvgIpc) is 2.52. The second-order valence-electron chi connectivity index (χ2n) is 5.92. The van der Waals surface area contributed by atoms with E-state index < -0.39 is 17.8 Å². The fourth-order valence-electron chi connectivity index (χ4n) is 2.78. The highest BCUT2D eigenvalue weighted by Crippen LogP contribution is 2.30. The molecule has 116 valence electrons. The summed E-state index contributed by atoms with van der Waals surface area (Å²) in [6.07, 6.45) is 6.70. The van der Waals surface area contributed by atoms with E-state index in [4.69, 9.17) is 5.73 Å². The van der Waals surface area contributed by atoms with Gasteiger partial charge in [-0.15, -0.1) is 0 Å². The summed E-state index contributed by atoms with van der Waals surface area (Å²) >= 11 is 0. The van der Waals surface area contributed by atoms with Crippen LogP contribution in [0, 0.1) is 0 Å². The first-order valence-electron chi connectivity index (χ1n) is 7.62. The lowest BCUT2D eigenvalue weighted by Gasteiger charge is -2.28. The number of rotatable bonds is 5. The lowest BCUT2D eigenvalue weighted by atomic mass is 9.84. The van der Waals surface area contributed by atoms with Crippen LogP contribution < -0.4 is 5.73 Å². The van der Waals surface area contributed by atoms with Gasteiger partial charge in [-0.05, 0) is 30.0 Å². The molecule has 4 nitrogen and oxygen atoms in total. The molecule has 0 radical (unpaired) electrons. The van der Waals surface area contributed by atoms with Crippen molar-refractivity contribution in [3.63, 3.8) is 0 Å². The van der Waals surface area contributed by atoms with Crippen LogP contribution in [-0.2, 0) is 0 Å². The van der Waals surface area contributed by atoms with E-state index in [0.29, 0.717) is 5.56 Å². The Labute approximate surface area is 125 Å². The summed E-state index contributed by atoms with van der Waals surface area (Å²) in [4.78, 5) is 0. The molecule has 21 heavy (non-hydrogen) atoms. The zero-order valence-electron chi connectivity index (χ0n) is 12.3. The first kappa shape index (κ1) is 16.2.